The van der Waals surface area contributed by atoms with Crippen LogP contribution in [0.3, 0.4) is 0 Å². The quantitative estimate of drug-likeness (QED) is 0.311. The van der Waals surface area contributed by atoms with Crippen LogP contribution in [-0.4, -0.2) is 47.4 Å². The molecule has 0 saturated carbocycles. The topological polar surface area (TPSA) is 85.1 Å². The Labute approximate surface area is 171 Å². The summed E-state index contributed by atoms with van der Waals surface area (Å²) in [6.45, 7) is 5.31. The molecule has 0 fully saturated rings. The summed E-state index contributed by atoms with van der Waals surface area (Å²) >= 11 is 0. The average Bonchev–Trinajstić information content (AvgIpc) is 3.18. The average molecular weight is 396 g/mol. The number of ether oxygens (including phenoxy) is 2. The standard InChI is InChI=1S/C21H28N6O2/c1-3-29-14-6-12-22-21(23-15-17-8-10-18(28-2)11-9-17)24-16-20-26-25-19-7-4-5-13-27(19)20/h4-5,7-11,13H,3,6,12,14-16H2,1-2H3,(H2,22,23,24). The van der Waals surface area contributed by atoms with Gasteiger partial charge in [-0.2, -0.15) is 0 Å². The predicted molar refractivity (Wildman–Crippen MR) is 113 cm³/mol. The summed E-state index contributed by atoms with van der Waals surface area (Å²) in [4.78, 5) is 4.70. The Balaban J connectivity index is 1.62. The van der Waals surface area contributed by atoms with Crippen molar-refractivity contribution in [2.45, 2.75) is 26.4 Å². The van der Waals surface area contributed by atoms with Crippen LogP contribution in [0, 0.1) is 0 Å². The molecule has 8 heteroatoms. The number of aliphatic imine (C=N–C) groups is 1. The molecular weight excluding hydrogens is 368 g/mol. The lowest BCUT2D eigenvalue weighted by molar-refractivity contribution is 0.145. The van der Waals surface area contributed by atoms with Gasteiger partial charge in [-0.05, 0) is 43.2 Å². The van der Waals surface area contributed by atoms with E-state index in [0.29, 0.717) is 13.1 Å². The Kier molecular flexibility index (Phi) is 7.82. The Hall–Kier alpha value is -3.13. The summed E-state index contributed by atoms with van der Waals surface area (Å²) < 4.78 is 12.6. The summed E-state index contributed by atoms with van der Waals surface area (Å²) in [6, 6.07) is 13.8. The van der Waals surface area contributed by atoms with Gasteiger partial charge in [-0.15, -0.1) is 10.2 Å². The minimum atomic E-state index is 0.519. The normalized spacial score (nSPS) is 11.6. The molecule has 0 aliphatic rings. The smallest absolute Gasteiger partial charge is 0.191 e. The largest absolute Gasteiger partial charge is 0.497 e. The van der Waals surface area contributed by atoms with Crippen LogP contribution in [0.25, 0.3) is 5.65 Å². The van der Waals surface area contributed by atoms with Gasteiger partial charge in [0, 0.05) is 26.0 Å². The lowest BCUT2D eigenvalue weighted by atomic mass is 10.2. The van der Waals surface area contributed by atoms with E-state index in [0.717, 1.165) is 54.9 Å². The third-order valence-electron chi connectivity index (χ3n) is 4.34. The predicted octanol–water partition coefficient (Wildman–Crippen LogP) is 2.40. The number of pyridine rings is 1. The van der Waals surface area contributed by atoms with Gasteiger partial charge in [0.15, 0.2) is 17.4 Å². The molecule has 2 aromatic heterocycles. The molecule has 1 aromatic carbocycles. The van der Waals surface area contributed by atoms with Gasteiger partial charge in [0.05, 0.1) is 20.2 Å². The van der Waals surface area contributed by atoms with E-state index >= 15 is 0 Å². The van der Waals surface area contributed by atoms with E-state index in [9.17, 15) is 0 Å². The Morgan fingerprint density at radius 3 is 2.76 bits per heavy atom. The number of rotatable bonds is 10. The van der Waals surface area contributed by atoms with E-state index < -0.39 is 0 Å². The summed E-state index contributed by atoms with van der Waals surface area (Å²) in [6.07, 6.45) is 2.86. The molecule has 0 aliphatic carbocycles. The highest BCUT2D eigenvalue weighted by molar-refractivity contribution is 5.79. The zero-order valence-electron chi connectivity index (χ0n) is 17.0. The number of nitrogens with one attached hydrogen (secondary N) is 2. The van der Waals surface area contributed by atoms with Crippen molar-refractivity contribution in [2.75, 3.05) is 26.9 Å². The van der Waals surface area contributed by atoms with E-state index in [1.165, 1.54) is 0 Å². The van der Waals surface area contributed by atoms with Gasteiger partial charge in [0.25, 0.3) is 0 Å². The first-order valence-electron chi connectivity index (χ1n) is 9.81. The number of fused-ring (bicyclic) bond motifs is 1. The van der Waals surface area contributed by atoms with E-state index in [-0.39, 0.29) is 0 Å². The van der Waals surface area contributed by atoms with Crippen LogP contribution in [-0.2, 0) is 17.8 Å². The third-order valence-corrected chi connectivity index (χ3v) is 4.34. The summed E-state index contributed by atoms with van der Waals surface area (Å²) in [5, 5.41) is 15.2. The van der Waals surface area contributed by atoms with Crippen molar-refractivity contribution in [3.05, 3.63) is 60.0 Å². The van der Waals surface area contributed by atoms with E-state index in [1.807, 2.05) is 60.0 Å². The molecule has 0 aliphatic heterocycles. The fraction of sp³-hybridized carbons (Fsp3) is 0.381. The molecule has 154 valence electrons. The van der Waals surface area contributed by atoms with Crippen molar-refractivity contribution in [1.82, 2.24) is 25.2 Å². The lowest BCUT2D eigenvalue weighted by Crippen LogP contribution is -2.38. The van der Waals surface area contributed by atoms with Gasteiger partial charge in [-0.3, -0.25) is 4.40 Å². The molecule has 0 unspecified atom stereocenters. The molecule has 3 aromatic rings. The first kappa shape index (κ1) is 20.6. The van der Waals surface area contributed by atoms with Gasteiger partial charge < -0.3 is 20.1 Å². The highest BCUT2D eigenvalue weighted by atomic mass is 16.5. The van der Waals surface area contributed by atoms with Crippen molar-refractivity contribution in [1.29, 1.82) is 0 Å². The second kappa shape index (κ2) is 11.0. The van der Waals surface area contributed by atoms with Gasteiger partial charge in [0.2, 0.25) is 0 Å². The monoisotopic (exact) mass is 396 g/mol. The van der Waals surface area contributed by atoms with Crippen molar-refractivity contribution >= 4 is 11.6 Å². The maximum Gasteiger partial charge on any atom is 0.191 e. The molecule has 0 saturated heterocycles. The first-order chi connectivity index (χ1) is 14.3. The summed E-state index contributed by atoms with van der Waals surface area (Å²) in [5.41, 5.74) is 1.93. The zero-order valence-corrected chi connectivity index (χ0v) is 17.0. The number of methoxy groups -OCH3 is 1. The van der Waals surface area contributed by atoms with E-state index in [2.05, 4.69) is 20.8 Å². The number of nitrogens with zero attached hydrogens (tertiary/aromatic N) is 4. The van der Waals surface area contributed by atoms with Crippen LogP contribution in [0.1, 0.15) is 24.7 Å². The molecule has 0 radical (unpaired) electrons. The van der Waals surface area contributed by atoms with E-state index in [1.54, 1.807) is 7.11 Å². The molecule has 0 amide bonds. The van der Waals surface area contributed by atoms with Gasteiger partial charge in [-0.25, -0.2) is 4.99 Å². The highest BCUT2D eigenvalue weighted by Crippen LogP contribution is 2.11. The molecular formula is C21H28N6O2. The number of hydrogen-bond donors (Lipinski definition) is 2. The number of aromatic nitrogens is 3. The summed E-state index contributed by atoms with van der Waals surface area (Å²) in [7, 11) is 1.66. The van der Waals surface area contributed by atoms with Gasteiger partial charge in [-0.1, -0.05) is 18.2 Å². The fourth-order valence-corrected chi connectivity index (χ4v) is 2.78. The molecule has 0 spiro atoms. The number of guanidine groups is 1. The molecule has 29 heavy (non-hydrogen) atoms. The molecule has 0 atom stereocenters. The molecule has 8 nitrogen and oxygen atoms in total. The van der Waals surface area contributed by atoms with Crippen LogP contribution < -0.4 is 15.4 Å². The van der Waals surface area contributed by atoms with Crippen LogP contribution in [0.2, 0.25) is 0 Å². The van der Waals surface area contributed by atoms with Crippen molar-refractivity contribution < 1.29 is 9.47 Å². The Bertz CT molecular complexity index is 907. The Morgan fingerprint density at radius 2 is 1.97 bits per heavy atom. The number of benzene rings is 1. The fourth-order valence-electron chi connectivity index (χ4n) is 2.78. The van der Waals surface area contributed by atoms with Crippen LogP contribution in [0.15, 0.2) is 53.7 Å². The minimum absolute atomic E-state index is 0.519. The van der Waals surface area contributed by atoms with Crippen molar-refractivity contribution in [3.63, 3.8) is 0 Å². The van der Waals surface area contributed by atoms with Crippen LogP contribution in [0.5, 0.6) is 5.75 Å². The highest BCUT2D eigenvalue weighted by Gasteiger charge is 2.06. The maximum atomic E-state index is 5.40. The second-order valence-electron chi connectivity index (χ2n) is 6.39. The molecule has 3 rings (SSSR count). The van der Waals surface area contributed by atoms with Crippen molar-refractivity contribution in [3.8, 4) is 5.75 Å². The first-order valence-corrected chi connectivity index (χ1v) is 9.81. The third kappa shape index (κ3) is 6.18. The Morgan fingerprint density at radius 1 is 1.10 bits per heavy atom. The second-order valence-corrected chi connectivity index (χ2v) is 6.39. The number of hydrogen-bond acceptors (Lipinski definition) is 5. The molecule has 2 heterocycles. The zero-order chi connectivity index (χ0) is 20.3. The van der Waals surface area contributed by atoms with Crippen LogP contribution in [0.4, 0.5) is 0 Å². The lowest BCUT2D eigenvalue weighted by Gasteiger charge is -2.12. The minimum Gasteiger partial charge on any atom is -0.497 e. The van der Waals surface area contributed by atoms with Gasteiger partial charge >= 0.3 is 0 Å². The SMILES string of the molecule is CCOCCCNC(=NCc1ccc(OC)cc1)NCc1nnc2ccccn12. The maximum absolute atomic E-state index is 5.40. The van der Waals surface area contributed by atoms with E-state index in [4.69, 9.17) is 14.5 Å². The molecule has 0 bridgehead atoms. The van der Waals surface area contributed by atoms with Crippen molar-refractivity contribution in [2.24, 2.45) is 4.99 Å². The van der Waals surface area contributed by atoms with Gasteiger partial charge in [0.1, 0.15) is 5.75 Å². The van der Waals surface area contributed by atoms with Crippen LogP contribution >= 0.6 is 0 Å². The summed E-state index contributed by atoms with van der Waals surface area (Å²) in [5.74, 6) is 2.39. The molecule has 2 N–H and O–H groups in total.